The van der Waals surface area contributed by atoms with Crippen molar-refractivity contribution >= 4 is 28.7 Å². The molecule has 1 heterocycles. The monoisotopic (exact) mass is 447 g/mol. The number of carbonyl (C=O) groups is 1. The van der Waals surface area contributed by atoms with Crippen LogP contribution in [0.2, 0.25) is 0 Å². The molecule has 6 nitrogen and oxygen atoms in total. The van der Waals surface area contributed by atoms with E-state index in [0.29, 0.717) is 30.9 Å². The van der Waals surface area contributed by atoms with Crippen molar-refractivity contribution in [1.29, 1.82) is 5.26 Å². The van der Waals surface area contributed by atoms with Gasteiger partial charge in [0.2, 0.25) is 0 Å². The van der Waals surface area contributed by atoms with Crippen molar-refractivity contribution in [3.63, 3.8) is 0 Å². The minimum Gasteiger partial charge on any atom is -0.494 e. The summed E-state index contributed by atoms with van der Waals surface area (Å²) >= 11 is 1.59. The first kappa shape index (κ1) is 23.2. The number of hydrogen-bond acceptors (Lipinski definition) is 7. The summed E-state index contributed by atoms with van der Waals surface area (Å²) in [7, 11) is 0. The normalized spacial score (nSPS) is 10.7. The van der Waals surface area contributed by atoms with Crippen LogP contribution in [0, 0.1) is 11.3 Å². The Morgan fingerprint density at radius 3 is 2.16 bits per heavy atom. The van der Waals surface area contributed by atoms with Gasteiger partial charge in [-0.1, -0.05) is 0 Å². The minimum atomic E-state index is -0.161. The van der Waals surface area contributed by atoms with Crippen molar-refractivity contribution in [1.82, 2.24) is 0 Å². The standard InChI is InChI=1S/C25H25N3O3S/c26-18-20-5-7-22(8-6-20)27-28-23-9-11-24(12-10-23)30-14-3-1-2-4-15-31-25(29)17-21-13-16-32-19-21/h5-13,16,19H,1-4,14-15,17H2. The number of azo groups is 1. The fourth-order valence-corrected chi connectivity index (χ4v) is 3.54. The lowest BCUT2D eigenvalue weighted by atomic mass is 10.2. The number of carbonyl (C=O) groups excluding carboxylic acids is 1. The van der Waals surface area contributed by atoms with Crippen molar-refractivity contribution in [3.8, 4) is 11.8 Å². The molecule has 7 heteroatoms. The molecule has 32 heavy (non-hydrogen) atoms. The van der Waals surface area contributed by atoms with Crippen molar-refractivity contribution in [2.45, 2.75) is 32.1 Å². The zero-order valence-corrected chi connectivity index (χ0v) is 18.6. The van der Waals surface area contributed by atoms with Gasteiger partial charge in [-0.15, -0.1) is 0 Å². The van der Waals surface area contributed by atoms with Gasteiger partial charge in [-0.05, 0) is 96.6 Å². The lowest BCUT2D eigenvalue weighted by Gasteiger charge is -2.07. The van der Waals surface area contributed by atoms with Gasteiger partial charge in [-0.25, -0.2) is 0 Å². The second kappa shape index (κ2) is 13.0. The smallest absolute Gasteiger partial charge is 0.310 e. The zero-order valence-electron chi connectivity index (χ0n) is 17.8. The molecule has 0 atom stereocenters. The lowest BCUT2D eigenvalue weighted by Crippen LogP contribution is -2.08. The largest absolute Gasteiger partial charge is 0.494 e. The third-order valence-corrected chi connectivity index (χ3v) is 5.35. The quantitative estimate of drug-likeness (QED) is 0.174. The molecule has 0 spiro atoms. The molecule has 0 aliphatic heterocycles. The Balaban J connectivity index is 1.25. The van der Waals surface area contributed by atoms with Crippen LogP contribution in [0.1, 0.15) is 36.8 Å². The number of esters is 1. The highest BCUT2D eigenvalue weighted by Gasteiger charge is 2.04. The summed E-state index contributed by atoms with van der Waals surface area (Å²) in [6, 6.07) is 18.4. The molecular weight excluding hydrogens is 422 g/mol. The van der Waals surface area contributed by atoms with E-state index in [9.17, 15) is 4.79 Å². The van der Waals surface area contributed by atoms with Crippen LogP contribution in [0.3, 0.4) is 0 Å². The average Bonchev–Trinajstić information content (AvgIpc) is 3.33. The lowest BCUT2D eigenvalue weighted by molar-refractivity contribution is -0.142. The highest BCUT2D eigenvalue weighted by Crippen LogP contribution is 2.21. The molecule has 164 valence electrons. The van der Waals surface area contributed by atoms with Gasteiger partial charge in [0, 0.05) is 0 Å². The van der Waals surface area contributed by atoms with Crippen molar-refractivity contribution in [3.05, 3.63) is 76.5 Å². The summed E-state index contributed by atoms with van der Waals surface area (Å²) in [4.78, 5) is 11.7. The predicted molar refractivity (Wildman–Crippen MR) is 125 cm³/mol. The van der Waals surface area contributed by atoms with Crippen LogP contribution in [0.15, 0.2) is 75.6 Å². The van der Waals surface area contributed by atoms with Gasteiger partial charge in [0.1, 0.15) is 5.75 Å². The van der Waals surface area contributed by atoms with Gasteiger partial charge in [0.25, 0.3) is 0 Å². The molecule has 3 rings (SSSR count). The van der Waals surface area contributed by atoms with Crippen LogP contribution >= 0.6 is 11.3 Å². The van der Waals surface area contributed by atoms with E-state index in [1.165, 1.54) is 0 Å². The maximum absolute atomic E-state index is 11.7. The Bertz CT molecular complexity index is 1020. The molecule has 0 bridgehead atoms. The van der Waals surface area contributed by atoms with Crippen LogP contribution in [0.4, 0.5) is 11.4 Å². The molecule has 0 radical (unpaired) electrons. The molecule has 0 amide bonds. The molecular formula is C25H25N3O3S. The highest BCUT2D eigenvalue weighted by molar-refractivity contribution is 7.08. The van der Waals surface area contributed by atoms with Crippen LogP contribution in [-0.4, -0.2) is 19.2 Å². The maximum atomic E-state index is 11.7. The Labute approximate surface area is 192 Å². The van der Waals surface area contributed by atoms with E-state index < -0.39 is 0 Å². The van der Waals surface area contributed by atoms with Crippen LogP contribution in [0.25, 0.3) is 0 Å². The van der Waals surface area contributed by atoms with Gasteiger partial charge in [-0.3, -0.25) is 4.79 Å². The maximum Gasteiger partial charge on any atom is 0.310 e. The fraction of sp³-hybridized carbons (Fsp3) is 0.280. The molecule has 3 aromatic rings. The third-order valence-electron chi connectivity index (χ3n) is 4.61. The predicted octanol–water partition coefficient (Wildman–Crippen LogP) is 6.76. The summed E-state index contributed by atoms with van der Waals surface area (Å²) in [5, 5.41) is 21.1. The molecule has 0 N–H and O–H groups in total. The number of benzene rings is 2. The molecule has 0 aliphatic rings. The van der Waals surface area contributed by atoms with Crippen molar-refractivity contribution < 1.29 is 14.3 Å². The topological polar surface area (TPSA) is 84.0 Å². The second-order valence-corrected chi connectivity index (χ2v) is 7.92. The molecule has 0 saturated heterocycles. The van der Waals surface area contributed by atoms with Gasteiger partial charge in [0.15, 0.2) is 0 Å². The number of unbranched alkanes of at least 4 members (excludes halogenated alkanes) is 3. The zero-order chi connectivity index (χ0) is 22.4. The molecule has 1 aromatic heterocycles. The highest BCUT2D eigenvalue weighted by atomic mass is 32.1. The molecule has 2 aromatic carbocycles. The van der Waals surface area contributed by atoms with Crippen LogP contribution < -0.4 is 4.74 Å². The van der Waals surface area contributed by atoms with Gasteiger partial charge >= 0.3 is 5.97 Å². The van der Waals surface area contributed by atoms with Gasteiger partial charge in [0.05, 0.1) is 42.6 Å². The summed E-state index contributed by atoms with van der Waals surface area (Å²) in [5.41, 5.74) is 3.04. The average molecular weight is 448 g/mol. The molecule has 0 unspecified atom stereocenters. The number of nitrogens with zero attached hydrogens (tertiary/aromatic N) is 3. The van der Waals surface area contributed by atoms with Crippen molar-refractivity contribution in [2.75, 3.05) is 13.2 Å². The molecule has 0 fully saturated rings. The SMILES string of the molecule is N#Cc1ccc(N=Nc2ccc(OCCCCCCOC(=O)Cc3ccsc3)cc2)cc1. The van der Waals surface area contributed by atoms with E-state index >= 15 is 0 Å². The number of hydrogen-bond donors (Lipinski definition) is 0. The summed E-state index contributed by atoms with van der Waals surface area (Å²) in [6.07, 6.45) is 4.20. The van der Waals surface area contributed by atoms with E-state index in [1.807, 2.05) is 41.1 Å². The van der Waals surface area contributed by atoms with Crippen LogP contribution in [-0.2, 0) is 16.0 Å². The summed E-state index contributed by atoms with van der Waals surface area (Å²) in [6.45, 7) is 1.12. The Morgan fingerprint density at radius 1 is 0.875 bits per heavy atom. The fourth-order valence-electron chi connectivity index (χ4n) is 2.87. The first-order chi connectivity index (χ1) is 15.7. The van der Waals surface area contributed by atoms with Gasteiger partial charge in [-0.2, -0.15) is 26.8 Å². The van der Waals surface area contributed by atoms with Crippen LogP contribution in [0.5, 0.6) is 5.75 Å². The first-order valence-electron chi connectivity index (χ1n) is 10.5. The number of thiophene rings is 1. The van der Waals surface area contributed by atoms with E-state index in [2.05, 4.69) is 16.3 Å². The minimum absolute atomic E-state index is 0.161. The van der Waals surface area contributed by atoms with E-state index in [1.54, 1.807) is 35.6 Å². The third kappa shape index (κ3) is 8.32. The summed E-state index contributed by atoms with van der Waals surface area (Å²) in [5.74, 6) is 0.635. The summed E-state index contributed by atoms with van der Waals surface area (Å²) < 4.78 is 11.0. The Hall–Kier alpha value is -3.50. The van der Waals surface area contributed by atoms with Crippen molar-refractivity contribution in [2.24, 2.45) is 10.2 Å². The number of rotatable bonds is 12. The van der Waals surface area contributed by atoms with E-state index in [0.717, 1.165) is 42.7 Å². The number of nitriles is 1. The van der Waals surface area contributed by atoms with Gasteiger partial charge < -0.3 is 9.47 Å². The second-order valence-electron chi connectivity index (χ2n) is 7.14. The first-order valence-corrected chi connectivity index (χ1v) is 11.5. The van der Waals surface area contributed by atoms with E-state index in [-0.39, 0.29) is 5.97 Å². The Morgan fingerprint density at radius 2 is 1.53 bits per heavy atom. The molecule has 0 aliphatic carbocycles. The molecule has 0 saturated carbocycles. The number of ether oxygens (including phenoxy) is 2. The Kier molecular flexibility index (Phi) is 9.43. The van der Waals surface area contributed by atoms with E-state index in [4.69, 9.17) is 14.7 Å².